The lowest BCUT2D eigenvalue weighted by molar-refractivity contribution is -0.137. The highest BCUT2D eigenvalue weighted by molar-refractivity contribution is 7.89. The van der Waals surface area contributed by atoms with Gasteiger partial charge in [-0.3, -0.25) is 9.59 Å². The quantitative estimate of drug-likeness (QED) is 0.784. The summed E-state index contributed by atoms with van der Waals surface area (Å²) in [6.45, 7) is 2.01. The molecule has 1 unspecified atom stereocenters. The van der Waals surface area contributed by atoms with Gasteiger partial charge >= 0.3 is 5.97 Å². The van der Waals surface area contributed by atoms with E-state index in [4.69, 9.17) is 5.11 Å². The van der Waals surface area contributed by atoms with Crippen LogP contribution in [-0.2, 0) is 20.4 Å². The molecule has 1 aromatic carbocycles. The summed E-state index contributed by atoms with van der Waals surface area (Å²) < 4.78 is 22.3. The number of rotatable bonds is 7. The largest absolute Gasteiger partial charge is 0.481 e. The minimum atomic E-state index is -3.10. The molecule has 1 aromatic rings. The van der Waals surface area contributed by atoms with E-state index in [0.29, 0.717) is 11.1 Å². The van der Waals surface area contributed by atoms with Crippen molar-refractivity contribution in [3.8, 4) is 0 Å². The molecule has 21 heavy (non-hydrogen) atoms. The molecule has 0 radical (unpaired) electrons. The predicted molar refractivity (Wildman–Crippen MR) is 78.7 cm³/mol. The maximum absolute atomic E-state index is 11.9. The number of benzene rings is 1. The molecule has 0 aliphatic rings. The molecule has 0 spiro atoms. The number of nitrogens with one attached hydrogen (secondary N) is 1. The maximum Gasteiger partial charge on any atom is 0.303 e. The molecule has 1 atom stereocenters. The van der Waals surface area contributed by atoms with Crippen LogP contribution in [0.4, 0.5) is 0 Å². The number of hydrogen-bond acceptors (Lipinski definition) is 4. The second-order valence-electron chi connectivity index (χ2n) is 5.18. The highest BCUT2D eigenvalue weighted by atomic mass is 32.2. The van der Waals surface area contributed by atoms with Crippen molar-refractivity contribution in [1.29, 1.82) is 0 Å². The van der Waals surface area contributed by atoms with E-state index in [1.165, 1.54) is 0 Å². The van der Waals surface area contributed by atoms with Gasteiger partial charge < -0.3 is 10.4 Å². The zero-order valence-corrected chi connectivity index (χ0v) is 12.8. The van der Waals surface area contributed by atoms with Gasteiger partial charge in [0, 0.05) is 24.8 Å². The molecule has 0 saturated carbocycles. The van der Waals surface area contributed by atoms with Crippen LogP contribution < -0.4 is 5.32 Å². The highest BCUT2D eigenvalue weighted by Gasteiger charge is 2.11. The monoisotopic (exact) mass is 313 g/mol. The highest BCUT2D eigenvalue weighted by Crippen LogP contribution is 2.08. The number of carboxylic acid groups (broad SMARTS) is 1. The Labute approximate surface area is 124 Å². The van der Waals surface area contributed by atoms with E-state index in [1.54, 1.807) is 31.2 Å². The maximum atomic E-state index is 11.9. The lowest BCUT2D eigenvalue weighted by Gasteiger charge is -2.10. The number of carboxylic acids is 1. The molecular weight excluding hydrogens is 294 g/mol. The van der Waals surface area contributed by atoms with Crippen molar-refractivity contribution in [2.45, 2.75) is 19.1 Å². The normalized spacial score (nSPS) is 12.7. The Kier molecular flexibility index (Phi) is 5.90. The van der Waals surface area contributed by atoms with Gasteiger partial charge in [0.05, 0.1) is 5.75 Å². The van der Waals surface area contributed by atoms with Crippen LogP contribution in [0.5, 0.6) is 0 Å². The molecule has 0 aromatic heterocycles. The first-order valence-electron chi connectivity index (χ1n) is 6.44. The fourth-order valence-corrected chi connectivity index (χ4v) is 2.59. The number of carbonyl (C=O) groups excluding carboxylic acids is 1. The van der Waals surface area contributed by atoms with Crippen LogP contribution in [0.15, 0.2) is 24.3 Å². The number of sulfone groups is 1. The van der Waals surface area contributed by atoms with Gasteiger partial charge in [0.2, 0.25) is 0 Å². The molecule has 0 aliphatic carbocycles. The first-order valence-corrected chi connectivity index (χ1v) is 8.50. The standard InChI is InChI=1S/C14H19NO5S/c1-10(7-13(16)17)8-15-14(18)12-5-3-11(4-6-12)9-21(2,19)20/h3-6,10H,7-9H2,1-2H3,(H,15,18)(H,16,17). The van der Waals surface area contributed by atoms with Gasteiger partial charge in [-0.25, -0.2) is 8.42 Å². The lowest BCUT2D eigenvalue weighted by atomic mass is 10.1. The Bertz CT molecular complexity index is 607. The summed E-state index contributed by atoms with van der Waals surface area (Å²) in [5.41, 5.74) is 1.03. The fraction of sp³-hybridized carbons (Fsp3) is 0.429. The summed E-state index contributed by atoms with van der Waals surface area (Å²) in [5, 5.41) is 11.3. The minimum Gasteiger partial charge on any atom is -0.481 e. The van der Waals surface area contributed by atoms with Crippen LogP contribution >= 0.6 is 0 Å². The number of hydrogen-bond donors (Lipinski definition) is 2. The van der Waals surface area contributed by atoms with Gasteiger partial charge in [0.15, 0.2) is 9.84 Å². The summed E-state index contributed by atoms with van der Waals surface area (Å²) in [4.78, 5) is 22.4. The molecule has 7 heteroatoms. The van der Waals surface area contributed by atoms with Crippen LogP contribution in [0.2, 0.25) is 0 Å². The van der Waals surface area contributed by atoms with E-state index in [-0.39, 0.29) is 30.5 Å². The van der Waals surface area contributed by atoms with Gasteiger partial charge in [-0.05, 0) is 23.6 Å². The van der Waals surface area contributed by atoms with E-state index in [0.717, 1.165) is 6.26 Å². The Morgan fingerprint density at radius 3 is 2.29 bits per heavy atom. The van der Waals surface area contributed by atoms with E-state index in [9.17, 15) is 18.0 Å². The van der Waals surface area contributed by atoms with Gasteiger partial charge in [-0.2, -0.15) is 0 Å². The molecule has 6 nitrogen and oxygen atoms in total. The molecule has 2 N–H and O–H groups in total. The minimum absolute atomic E-state index is 0.00637. The molecule has 0 aliphatic heterocycles. The third-order valence-electron chi connectivity index (χ3n) is 2.78. The first-order chi connectivity index (χ1) is 9.67. The molecule has 1 amide bonds. The van der Waals surface area contributed by atoms with Gasteiger partial charge in [0.1, 0.15) is 0 Å². The van der Waals surface area contributed by atoms with Crippen molar-refractivity contribution in [3.05, 3.63) is 35.4 Å². The molecule has 0 saturated heterocycles. The van der Waals surface area contributed by atoms with E-state index in [2.05, 4.69) is 5.32 Å². The Balaban J connectivity index is 2.57. The molecule has 116 valence electrons. The fourth-order valence-electron chi connectivity index (χ4n) is 1.79. The molecule has 0 fully saturated rings. The molecule has 1 rings (SSSR count). The van der Waals surface area contributed by atoms with Gasteiger partial charge in [-0.1, -0.05) is 19.1 Å². The van der Waals surface area contributed by atoms with E-state index in [1.807, 2.05) is 0 Å². The topological polar surface area (TPSA) is 101 Å². The van der Waals surface area contributed by atoms with Crippen molar-refractivity contribution >= 4 is 21.7 Å². The van der Waals surface area contributed by atoms with Crippen molar-refractivity contribution < 1.29 is 23.1 Å². The van der Waals surface area contributed by atoms with E-state index >= 15 is 0 Å². The van der Waals surface area contributed by atoms with Crippen LogP contribution in [0.25, 0.3) is 0 Å². The van der Waals surface area contributed by atoms with Gasteiger partial charge in [0.25, 0.3) is 5.91 Å². The van der Waals surface area contributed by atoms with E-state index < -0.39 is 15.8 Å². The van der Waals surface area contributed by atoms with Gasteiger partial charge in [-0.15, -0.1) is 0 Å². The molecule has 0 heterocycles. The molecular formula is C14H19NO5S. The van der Waals surface area contributed by atoms with Crippen LogP contribution in [0.3, 0.4) is 0 Å². The van der Waals surface area contributed by atoms with Crippen LogP contribution in [0, 0.1) is 5.92 Å². The van der Waals surface area contributed by atoms with Crippen LogP contribution in [0.1, 0.15) is 29.3 Å². The third kappa shape index (κ3) is 6.89. The third-order valence-corrected chi connectivity index (χ3v) is 3.64. The van der Waals surface area contributed by atoms with Crippen molar-refractivity contribution in [2.75, 3.05) is 12.8 Å². The zero-order chi connectivity index (χ0) is 16.0. The lowest BCUT2D eigenvalue weighted by Crippen LogP contribution is -2.29. The summed E-state index contributed by atoms with van der Waals surface area (Å²) in [6, 6.07) is 6.29. The Morgan fingerprint density at radius 2 is 1.81 bits per heavy atom. The predicted octanol–water partition coefficient (Wildman–Crippen LogP) is 1.07. The smallest absolute Gasteiger partial charge is 0.303 e. The number of aliphatic carboxylic acids is 1. The number of carbonyl (C=O) groups is 2. The summed E-state index contributed by atoms with van der Waals surface area (Å²) >= 11 is 0. The average Bonchev–Trinajstić information content (AvgIpc) is 2.34. The van der Waals surface area contributed by atoms with Crippen molar-refractivity contribution in [3.63, 3.8) is 0 Å². The first kappa shape index (κ1) is 17.2. The van der Waals surface area contributed by atoms with Crippen molar-refractivity contribution in [2.24, 2.45) is 5.92 Å². The van der Waals surface area contributed by atoms with Crippen LogP contribution in [-0.4, -0.2) is 38.2 Å². The summed E-state index contributed by atoms with van der Waals surface area (Å²) in [7, 11) is -3.10. The summed E-state index contributed by atoms with van der Waals surface area (Å²) in [5.74, 6) is -1.43. The zero-order valence-electron chi connectivity index (χ0n) is 12.0. The second-order valence-corrected chi connectivity index (χ2v) is 7.32. The second kappa shape index (κ2) is 7.21. The van der Waals surface area contributed by atoms with Crippen molar-refractivity contribution in [1.82, 2.24) is 5.32 Å². The average molecular weight is 313 g/mol. The Hall–Kier alpha value is -1.89. The summed E-state index contributed by atoms with van der Waals surface area (Å²) in [6.07, 6.45) is 1.14. The Morgan fingerprint density at radius 1 is 1.24 bits per heavy atom. The number of amides is 1. The molecule has 0 bridgehead atoms. The SMILES string of the molecule is CC(CNC(=O)c1ccc(CS(C)(=O)=O)cc1)CC(=O)O.